The summed E-state index contributed by atoms with van der Waals surface area (Å²) in [6, 6.07) is -0.155. The van der Waals surface area contributed by atoms with Gasteiger partial charge in [0.1, 0.15) is 5.69 Å². The summed E-state index contributed by atoms with van der Waals surface area (Å²) >= 11 is 5.93. The average Bonchev–Trinajstić information content (AvgIpc) is 3.49. The molecular formula is C19H34ClN6O7P. The molecule has 1 aliphatic carbocycles. The van der Waals surface area contributed by atoms with Gasteiger partial charge in [-0.05, 0) is 56.5 Å². The first-order valence-corrected chi connectivity index (χ1v) is 13.1. The van der Waals surface area contributed by atoms with Crippen LogP contribution in [0.3, 0.4) is 0 Å². The number of esters is 1. The van der Waals surface area contributed by atoms with Crippen LogP contribution in [0.4, 0.5) is 17.3 Å². The number of anilines is 3. The summed E-state index contributed by atoms with van der Waals surface area (Å²) in [4.78, 5) is 38.5. The molecule has 3 atom stereocenters. The number of nitrogens with one attached hydrogen (secondary N) is 1. The normalized spacial score (nSPS) is 20.9. The summed E-state index contributed by atoms with van der Waals surface area (Å²) in [5.74, 6) is 3.74. The standard InChI is InChI=1S/C15H26ClN6O6P.C4H8O/c1-3-27-13(23)14(29(24,25)26)28-7-8-4-5-9(6-8)22(18)12-10(17)11(19-2)20-15(16)21-12;1-2-4-5-3-1/h8-9,14H,3-7,17-18H2,1-2H3,(H,19,20,21)(H2,24,25,26);1-4H2/t8-,9?,14?;/m1./s1. The van der Waals surface area contributed by atoms with E-state index in [-0.39, 0.29) is 42.0 Å². The predicted molar refractivity (Wildman–Crippen MR) is 127 cm³/mol. The van der Waals surface area contributed by atoms with Crippen molar-refractivity contribution in [1.82, 2.24) is 9.97 Å². The second-order valence-electron chi connectivity index (χ2n) is 7.92. The molecule has 1 saturated heterocycles. The van der Waals surface area contributed by atoms with Gasteiger partial charge in [0.05, 0.1) is 13.2 Å². The molecule has 2 unspecified atom stereocenters. The topological polar surface area (TPSA) is 195 Å². The van der Waals surface area contributed by atoms with E-state index in [4.69, 9.17) is 32.7 Å². The van der Waals surface area contributed by atoms with E-state index in [2.05, 4.69) is 20.0 Å². The molecule has 0 aromatic carbocycles. The van der Waals surface area contributed by atoms with Gasteiger partial charge in [-0.1, -0.05) is 0 Å². The van der Waals surface area contributed by atoms with Gasteiger partial charge in [0.2, 0.25) is 5.28 Å². The molecule has 15 heteroatoms. The van der Waals surface area contributed by atoms with Gasteiger partial charge in [-0.2, -0.15) is 9.97 Å². The molecule has 2 fully saturated rings. The fourth-order valence-electron chi connectivity index (χ4n) is 3.70. The number of nitrogen functional groups attached to an aromatic ring is 1. The van der Waals surface area contributed by atoms with E-state index in [0.717, 1.165) is 13.2 Å². The zero-order valence-electron chi connectivity index (χ0n) is 19.4. The molecule has 0 radical (unpaired) electrons. The molecule has 0 amide bonds. The molecule has 0 spiro atoms. The van der Waals surface area contributed by atoms with E-state index in [1.54, 1.807) is 7.05 Å². The highest BCUT2D eigenvalue weighted by molar-refractivity contribution is 7.53. The largest absolute Gasteiger partial charge is 0.464 e. The lowest BCUT2D eigenvalue weighted by atomic mass is 10.1. The lowest BCUT2D eigenvalue weighted by Gasteiger charge is -2.27. The summed E-state index contributed by atoms with van der Waals surface area (Å²) in [6.07, 6.45) is 4.44. The zero-order chi connectivity index (χ0) is 25.3. The number of hydrogen-bond donors (Lipinski definition) is 5. The highest BCUT2D eigenvalue weighted by atomic mass is 35.5. The van der Waals surface area contributed by atoms with E-state index in [1.165, 1.54) is 24.8 Å². The van der Waals surface area contributed by atoms with Gasteiger partial charge < -0.3 is 35.0 Å². The molecule has 0 bridgehead atoms. The molecule has 7 N–H and O–H groups in total. The fraction of sp³-hybridized carbons (Fsp3) is 0.737. The number of rotatable bonds is 9. The maximum atomic E-state index is 11.8. The van der Waals surface area contributed by atoms with Crippen molar-refractivity contribution < 1.29 is 33.4 Å². The van der Waals surface area contributed by atoms with Crippen LogP contribution in [0.25, 0.3) is 0 Å². The minimum Gasteiger partial charge on any atom is -0.464 e. The van der Waals surface area contributed by atoms with Gasteiger partial charge in [-0.3, -0.25) is 9.57 Å². The smallest absolute Gasteiger partial charge is 0.365 e. The Labute approximate surface area is 203 Å². The maximum Gasteiger partial charge on any atom is 0.365 e. The Morgan fingerprint density at radius 3 is 2.56 bits per heavy atom. The van der Waals surface area contributed by atoms with Crippen LogP contribution >= 0.6 is 19.2 Å². The van der Waals surface area contributed by atoms with Crippen LogP contribution in [-0.2, 0) is 23.6 Å². The van der Waals surface area contributed by atoms with Crippen molar-refractivity contribution in [1.29, 1.82) is 0 Å². The first kappa shape index (κ1) is 28.5. The quantitative estimate of drug-likeness (QED) is 0.102. The SMILES string of the molecule is C1CCOC1.CCOC(=O)C(OC[C@@H]1CCC(N(N)c2nc(Cl)nc(NC)c2N)C1)P(=O)(O)O. The third kappa shape index (κ3) is 8.19. The molecule has 2 aliphatic rings. The molecule has 1 aromatic rings. The Morgan fingerprint density at radius 2 is 2.03 bits per heavy atom. The summed E-state index contributed by atoms with van der Waals surface area (Å²) in [5, 5.41) is 4.22. The Balaban J connectivity index is 0.000000720. The Bertz CT molecular complexity index is 849. The van der Waals surface area contributed by atoms with Crippen LogP contribution < -0.4 is 21.9 Å². The summed E-state index contributed by atoms with van der Waals surface area (Å²) in [6.45, 7) is 3.50. The predicted octanol–water partition coefficient (Wildman–Crippen LogP) is 1.48. The number of ether oxygens (including phenoxy) is 3. The fourth-order valence-corrected chi connectivity index (χ4v) is 4.49. The van der Waals surface area contributed by atoms with E-state index < -0.39 is 19.4 Å². The van der Waals surface area contributed by atoms with Crippen molar-refractivity contribution in [2.45, 2.75) is 50.9 Å². The number of nitrogens with zero attached hydrogens (tertiary/aromatic N) is 3. The third-order valence-electron chi connectivity index (χ3n) is 5.40. The lowest BCUT2D eigenvalue weighted by Crippen LogP contribution is -2.41. The molecule has 13 nitrogen and oxygen atoms in total. The van der Waals surface area contributed by atoms with Crippen LogP contribution in [0.2, 0.25) is 5.28 Å². The highest BCUT2D eigenvalue weighted by Crippen LogP contribution is 2.43. The Kier molecular flexibility index (Phi) is 11.2. The summed E-state index contributed by atoms with van der Waals surface area (Å²) < 4.78 is 26.4. The molecule has 1 saturated carbocycles. The summed E-state index contributed by atoms with van der Waals surface area (Å²) in [5.41, 5.74) is 6.30. The minimum atomic E-state index is -4.81. The van der Waals surface area contributed by atoms with Gasteiger partial charge in [0, 0.05) is 26.3 Å². The van der Waals surface area contributed by atoms with Crippen molar-refractivity contribution in [3.05, 3.63) is 5.28 Å². The number of carbonyl (C=O) groups is 1. The van der Waals surface area contributed by atoms with Crippen LogP contribution in [0.1, 0.15) is 39.0 Å². The van der Waals surface area contributed by atoms with E-state index in [0.29, 0.717) is 25.1 Å². The number of hydrazine groups is 1. The third-order valence-corrected chi connectivity index (χ3v) is 6.54. The summed E-state index contributed by atoms with van der Waals surface area (Å²) in [7, 11) is -3.17. The monoisotopic (exact) mass is 524 g/mol. The highest BCUT2D eigenvalue weighted by Gasteiger charge is 2.40. The van der Waals surface area contributed by atoms with E-state index >= 15 is 0 Å². The van der Waals surface area contributed by atoms with Crippen LogP contribution in [0, 0.1) is 5.92 Å². The molecule has 194 valence electrons. The van der Waals surface area contributed by atoms with E-state index in [9.17, 15) is 19.1 Å². The second-order valence-corrected chi connectivity index (χ2v) is 9.90. The molecule has 2 heterocycles. The molecular weight excluding hydrogens is 491 g/mol. The van der Waals surface area contributed by atoms with Crippen molar-refractivity contribution in [3.8, 4) is 0 Å². The van der Waals surface area contributed by atoms with Crippen molar-refractivity contribution in [2.24, 2.45) is 11.8 Å². The zero-order valence-corrected chi connectivity index (χ0v) is 21.0. The maximum absolute atomic E-state index is 11.8. The van der Waals surface area contributed by atoms with Crippen LogP contribution in [-0.4, -0.2) is 71.1 Å². The van der Waals surface area contributed by atoms with Gasteiger partial charge in [0.25, 0.3) is 5.85 Å². The van der Waals surface area contributed by atoms with Crippen molar-refractivity contribution >= 4 is 42.5 Å². The van der Waals surface area contributed by atoms with E-state index in [1.807, 2.05) is 0 Å². The molecule has 34 heavy (non-hydrogen) atoms. The molecule has 1 aromatic heterocycles. The Morgan fingerprint density at radius 1 is 1.35 bits per heavy atom. The number of aromatic nitrogens is 2. The van der Waals surface area contributed by atoms with Gasteiger partial charge in [0.15, 0.2) is 11.6 Å². The first-order valence-electron chi connectivity index (χ1n) is 11.0. The van der Waals surface area contributed by atoms with Crippen molar-refractivity contribution in [2.75, 3.05) is 49.5 Å². The number of halogens is 1. The second kappa shape index (κ2) is 13.4. The Hall–Kier alpha value is -1.73. The number of carbonyl (C=O) groups excluding carboxylic acids is 1. The van der Waals surface area contributed by atoms with Crippen molar-refractivity contribution in [3.63, 3.8) is 0 Å². The number of nitrogens with two attached hydrogens (primary N) is 2. The van der Waals surface area contributed by atoms with Gasteiger partial charge >= 0.3 is 13.6 Å². The van der Waals surface area contributed by atoms with Gasteiger partial charge in [-0.25, -0.2) is 10.6 Å². The van der Waals surface area contributed by atoms with Crippen LogP contribution in [0.5, 0.6) is 0 Å². The molecule has 3 rings (SSSR count). The lowest BCUT2D eigenvalue weighted by molar-refractivity contribution is -0.152. The van der Waals surface area contributed by atoms with Crippen LogP contribution in [0.15, 0.2) is 0 Å². The first-order chi connectivity index (χ1) is 16.1. The molecule has 1 aliphatic heterocycles. The average molecular weight is 525 g/mol. The minimum absolute atomic E-state index is 0.00852. The van der Waals surface area contributed by atoms with Gasteiger partial charge in [-0.15, -0.1) is 0 Å². The number of hydrogen-bond acceptors (Lipinski definition) is 11.